The predicted molar refractivity (Wildman–Crippen MR) is 138 cm³/mol. The summed E-state index contributed by atoms with van der Waals surface area (Å²) in [5.41, 5.74) is 5.99. The zero-order chi connectivity index (χ0) is 23.7. The number of nitrogens with zero attached hydrogens (tertiary/aromatic N) is 2. The number of carbonyl (C=O) groups is 2. The molecule has 2 aliphatic rings. The zero-order valence-corrected chi connectivity index (χ0v) is 19.7. The Labute approximate surface area is 200 Å². The largest absolute Gasteiger partial charge is 0.372 e. The summed E-state index contributed by atoms with van der Waals surface area (Å²) in [6.45, 7) is 6.07. The first-order valence-electron chi connectivity index (χ1n) is 11.9. The lowest BCUT2D eigenvalue weighted by Crippen LogP contribution is -2.33. The Morgan fingerprint density at radius 3 is 2.09 bits per heavy atom. The molecule has 0 aromatic heterocycles. The first-order valence-corrected chi connectivity index (χ1v) is 11.9. The average molecular weight is 452 g/mol. The molecule has 3 aromatic rings. The summed E-state index contributed by atoms with van der Waals surface area (Å²) in [6.07, 6.45) is 3.73. The van der Waals surface area contributed by atoms with E-state index >= 15 is 0 Å². The van der Waals surface area contributed by atoms with Crippen molar-refractivity contribution >= 4 is 34.4 Å². The van der Waals surface area contributed by atoms with Gasteiger partial charge < -0.3 is 10.2 Å². The summed E-state index contributed by atoms with van der Waals surface area (Å²) in [5, 5.41) is 3.28. The number of para-hydroxylation sites is 1. The van der Waals surface area contributed by atoms with Gasteiger partial charge in [-0.3, -0.25) is 9.59 Å². The van der Waals surface area contributed by atoms with Crippen molar-refractivity contribution in [3.63, 3.8) is 0 Å². The number of amides is 2. The summed E-state index contributed by atoms with van der Waals surface area (Å²) in [7, 11) is 0. The van der Waals surface area contributed by atoms with Crippen LogP contribution in [0, 0.1) is 13.8 Å². The van der Waals surface area contributed by atoms with Gasteiger partial charge in [0.2, 0.25) is 0 Å². The van der Waals surface area contributed by atoms with Gasteiger partial charge in [-0.1, -0.05) is 48.0 Å². The van der Waals surface area contributed by atoms with Gasteiger partial charge in [0.1, 0.15) is 5.70 Å². The van der Waals surface area contributed by atoms with Crippen molar-refractivity contribution in [2.75, 3.05) is 28.2 Å². The van der Waals surface area contributed by atoms with Crippen LogP contribution in [-0.2, 0) is 9.59 Å². The molecule has 5 nitrogen and oxygen atoms in total. The van der Waals surface area contributed by atoms with E-state index in [9.17, 15) is 9.59 Å². The Kier molecular flexibility index (Phi) is 5.93. The van der Waals surface area contributed by atoms with Crippen LogP contribution in [0.25, 0.3) is 5.57 Å². The highest BCUT2D eigenvalue weighted by Gasteiger charge is 2.40. The third kappa shape index (κ3) is 4.10. The highest BCUT2D eigenvalue weighted by Crippen LogP contribution is 2.35. The first kappa shape index (κ1) is 22.0. The van der Waals surface area contributed by atoms with E-state index in [0.717, 1.165) is 35.5 Å². The van der Waals surface area contributed by atoms with Gasteiger partial charge in [-0.2, -0.15) is 0 Å². The second kappa shape index (κ2) is 9.18. The standard InChI is InChI=1S/C29H29N3O2/c1-20-10-12-22(13-11-20)26-27(29(34)32(28(26)33)25-9-5-4-8-21(25)2)30-23-14-16-24(17-15-23)31-18-6-3-7-19-31/h4-5,8-17,30H,3,6-7,18-19H2,1-2H3. The molecule has 3 aromatic carbocycles. The fourth-order valence-electron chi connectivity index (χ4n) is 4.72. The molecule has 172 valence electrons. The van der Waals surface area contributed by atoms with Crippen molar-refractivity contribution in [1.82, 2.24) is 0 Å². The van der Waals surface area contributed by atoms with Gasteiger partial charge in [0.25, 0.3) is 11.8 Å². The van der Waals surface area contributed by atoms with Gasteiger partial charge in [-0.05, 0) is 74.6 Å². The van der Waals surface area contributed by atoms with E-state index in [2.05, 4.69) is 22.3 Å². The van der Waals surface area contributed by atoms with E-state index in [1.807, 2.05) is 74.5 Å². The molecule has 1 fully saturated rings. The topological polar surface area (TPSA) is 52.7 Å². The number of hydrogen-bond donors (Lipinski definition) is 1. The molecule has 1 saturated heterocycles. The molecule has 0 atom stereocenters. The van der Waals surface area contributed by atoms with Gasteiger partial charge >= 0.3 is 0 Å². The summed E-state index contributed by atoms with van der Waals surface area (Å²) in [4.78, 5) is 30.9. The van der Waals surface area contributed by atoms with Crippen LogP contribution in [0.15, 0.2) is 78.5 Å². The van der Waals surface area contributed by atoms with E-state index in [-0.39, 0.29) is 11.8 Å². The molecule has 0 saturated carbocycles. The van der Waals surface area contributed by atoms with Crippen molar-refractivity contribution in [2.45, 2.75) is 33.1 Å². The molecule has 34 heavy (non-hydrogen) atoms. The fraction of sp³-hybridized carbons (Fsp3) is 0.241. The van der Waals surface area contributed by atoms with Gasteiger partial charge in [0, 0.05) is 24.5 Å². The smallest absolute Gasteiger partial charge is 0.282 e. The maximum atomic E-state index is 13.6. The van der Waals surface area contributed by atoms with Crippen molar-refractivity contribution in [3.8, 4) is 0 Å². The third-order valence-corrected chi connectivity index (χ3v) is 6.64. The summed E-state index contributed by atoms with van der Waals surface area (Å²) in [5.74, 6) is -0.648. The molecule has 2 heterocycles. The van der Waals surface area contributed by atoms with Crippen molar-refractivity contribution in [3.05, 3.63) is 95.2 Å². The van der Waals surface area contributed by atoms with E-state index in [1.165, 1.54) is 29.8 Å². The fourth-order valence-corrected chi connectivity index (χ4v) is 4.72. The number of piperidine rings is 1. The van der Waals surface area contributed by atoms with Crippen LogP contribution in [0.2, 0.25) is 0 Å². The lowest BCUT2D eigenvalue weighted by atomic mass is 10.0. The molecule has 5 rings (SSSR count). The van der Waals surface area contributed by atoms with Gasteiger partial charge in [-0.15, -0.1) is 0 Å². The maximum Gasteiger partial charge on any atom is 0.282 e. The molecule has 0 unspecified atom stereocenters. The second-order valence-electron chi connectivity index (χ2n) is 9.07. The Morgan fingerprint density at radius 2 is 1.41 bits per heavy atom. The van der Waals surface area contributed by atoms with Crippen LogP contribution < -0.4 is 15.1 Å². The SMILES string of the molecule is Cc1ccc(C2=C(Nc3ccc(N4CCCCC4)cc3)C(=O)N(c3ccccc3C)C2=O)cc1. The summed E-state index contributed by atoms with van der Waals surface area (Å²) >= 11 is 0. The molecule has 0 spiro atoms. The van der Waals surface area contributed by atoms with Gasteiger partial charge in [0.15, 0.2) is 0 Å². The van der Waals surface area contributed by atoms with Crippen LogP contribution in [0.5, 0.6) is 0 Å². The number of aryl methyl sites for hydroxylation is 2. The van der Waals surface area contributed by atoms with E-state index in [1.54, 1.807) is 0 Å². The van der Waals surface area contributed by atoms with Crippen LogP contribution in [0.4, 0.5) is 17.1 Å². The highest BCUT2D eigenvalue weighted by molar-refractivity contribution is 6.46. The Hall–Kier alpha value is -3.86. The number of rotatable bonds is 5. The van der Waals surface area contributed by atoms with Crippen molar-refractivity contribution in [2.24, 2.45) is 0 Å². The third-order valence-electron chi connectivity index (χ3n) is 6.64. The van der Waals surface area contributed by atoms with E-state index in [4.69, 9.17) is 0 Å². The number of anilines is 3. The minimum absolute atomic E-state index is 0.308. The normalized spacial score (nSPS) is 16.4. The Morgan fingerprint density at radius 1 is 0.735 bits per heavy atom. The van der Waals surface area contributed by atoms with Crippen molar-refractivity contribution < 1.29 is 9.59 Å². The lowest BCUT2D eigenvalue weighted by molar-refractivity contribution is -0.120. The van der Waals surface area contributed by atoms with E-state index < -0.39 is 0 Å². The molecule has 2 amide bonds. The number of benzene rings is 3. The number of nitrogens with one attached hydrogen (secondary N) is 1. The van der Waals surface area contributed by atoms with Crippen LogP contribution in [0.1, 0.15) is 36.0 Å². The average Bonchev–Trinajstić information content (AvgIpc) is 3.10. The monoisotopic (exact) mass is 451 g/mol. The molecule has 2 aliphatic heterocycles. The highest BCUT2D eigenvalue weighted by atomic mass is 16.2. The number of hydrogen-bond acceptors (Lipinski definition) is 4. The summed E-state index contributed by atoms with van der Waals surface area (Å²) < 4.78 is 0. The van der Waals surface area contributed by atoms with Gasteiger partial charge in [0.05, 0.1) is 11.3 Å². The molecular formula is C29H29N3O2. The van der Waals surface area contributed by atoms with Crippen molar-refractivity contribution in [1.29, 1.82) is 0 Å². The first-order chi connectivity index (χ1) is 16.5. The molecule has 1 N–H and O–H groups in total. The van der Waals surface area contributed by atoms with Crippen LogP contribution in [-0.4, -0.2) is 24.9 Å². The minimum Gasteiger partial charge on any atom is -0.372 e. The number of carbonyl (C=O) groups excluding carboxylic acids is 2. The molecule has 0 bridgehead atoms. The zero-order valence-electron chi connectivity index (χ0n) is 19.7. The van der Waals surface area contributed by atoms with Gasteiger partial charge in [-0.25, -0.2) is 4.90 Å². The molecule has 0 radical (unpaired) electrons. The number of imide groups is 1. The van der Waals surface area contributed by atoms with Crippen LogP contribution >= 0.6 is 0 Å². The van der Waals surface area contributed by atoms with Crippen LogP contribution in [0.3, 0.4) is 0 Å². The second-order valence-corrected chi connectivity index (χ2v) is 9.07. The predicted octanol–water partition coefficient (Wildman–Crippen LogP) is 5.69. The lowest BCUT2D eigenvalue weighted by Gasteiger charge is -2.28. The quantitative estimate of drug-likeness (QED) is 0.506. The molecular weight excluding hydrogens is 422 g/mol. The Bertz CT molecular complexity index is 1250. The Balaban J connectivity index is 1.51. The maximum absolute atomic E-state index is 13.6. The van der Waals surface area contributed by atoms with E-state index in [0.29, 0.717) is 17.0 Å². The molecule has 5 heteroatoms. The summed E-state index contributed by atoms with van der Waals surface area (Å²) in [6, 6.07) is 23.3. The molecule has 0 aliphatic carbocycles. The minimum atomic E-state index is -0.338.